The minimum Gasteiger partial charge on any atom is -0.414 e. The van der Waals surface area contributed by atoms with E-state index < -0.39 is 68.6 Å². The normalized spacial score (nSPS) is 32.8. The molecule has 3 aliphatic heterocycles. The highest BCUT2D eigenvalue weighted by Gasteiger charge is 2.69. The van der Waals surface area contributed by atoms with Gasteiger partial charge in [-0.05, 0) is 29.1 Å². The van der Waals surface area contributed by atoms with E-state index in [4.69, 9.17) is 27.6 Å². The molecule has 0 bridgehead atoms. The lowest BCUT2D eigenvalue weighted by molar-refractivity contribution is -0.101. The third-order valence-corrected chi connectivity index (χ3v) is 19.8. The predicted octanol–water partition coefficient (Wildman–Crippen LogP) is 1.96. The van der Waals surface area contributed by atoms with Crippen molar-refractivity contribution in [2.75, 3.05) is 6.61 Å². The molecule has 1 aromatic rings. The van der Waals surface area contributed by atoms with Gasteiger partial charge in [0.15, 0.2) is 11.8 Å². The minimum atomic E-state index is -4.32. The third kappa shape index (κ3) is 5.04. The summed E-state index contributed by atoms with van der Waals surface area (Å²) in [5.74, 6) is 0. The van der Waals surface area contributed by atoms with Crippen molar-refractivity contribution in [2.45, 2.75) is 115 Å². The van der Waals surface area contributed by atoms with Crippen molar-refractivity contribution in [3.8, 4) is 0 Å². The molecule has 0 aliphatic carbocycles. The van der Waals surface area contributed by atoms with E-state index in [2.05, 4.69) is 32.7 Å². The van der Waals surface area contributed by atoms with Gasteiger partial charge >= 0.3 is 22.8 Å². The highest BCUT2D eigenvalue weighted by molar-refractivity contribution is 7.90. The topological polar surface area (TPSA) is 181 Å². The average Bonchev–Trinajstić information content (AvgIpc) is 3.17. The molecular weight excluding hydrogens is 591 g/mol. The van der Waals surface area contributed by atoms with Gasteiger partial charge in [0.2, 0.25) is 0 Å². The number of hydrogen-bond donors (Lipinski definition) is 3. The fourth-order valence-corrected chi connectivity index (χ4v) is 18.7. The molecule has 4 rings (SSSR count). The Hall–Kier alpha value is -1.64. The first-order valence-electron chi connectivity index (χ1n) is 14.0. The number of aromatic nitrogens is 2. The van der Waals surface area contributed by atoms with Crippen LogP contribution in [-0.4, -0.2) is 70.7 Å². The Morgan fingerprint density at radius 1 is 1.05 bits per heavy atom. The Morgan fingerprint density at radius 2 is 1.61 bits per heavy atom. The number of ether oxygens (including phenoxy) is 1. The van der Waals surface area contributed by atoms with Crippen LogP contribution in [0.1, 0.15) is 67.2 Å². The number of hydrogen-bond acceptors (Lipinski definition) is 11. The van der Waals surface area contributed by atoms with E-state index in [1.165, 1.54) is 13.1 Å². The van der Waals surface area contributed by atoms with Crippen LogP contribution in [0.2, 0.25) is 22.2 Å². The van der Waals surface area contributed by atoms with Crippen molar-refractivity contribution < 1.29 is 35.4 Å². The van der Waals surface area contributed by atoms with E-state index in [1.54, 1.807) is 0 Å². The standard InChI is InChI=1S/C25H43N3O10SSi2/c1-13(2)40(14(3)4)34-11-18(36-41(38-40,15(5)6)16(7)8)21-25(19(26)12-39(32,33)37-25)20(29)23(35-21)28-10-17(9)22(30)27-24(28)31/h10,12-16,18,20-21,23,29H,11,26H2,1-9H3,(H,27,30,31)/t18?,20-,21+,23+,25?/m0/s1. The number of rotatable bonds is 6. The maximum absolute atomic E-state index is 12.8. The molecule has 2 fully saturated rings. The number of nitrogens with zero attached hydrogens (tertiary/aromatic N) is 1. The van der Waals surface area contributed by atoms with Crippen molar-refractivity contribution in [2.24, 2.45) is 5.73 Å². The molecule has 1 spiro atoms. The fraction of sp³-hybridized carbons (Fsp3) is 0.760. The van der Waals surface area contributed by atoms with Crippen molar-refractivity contribution in [1.82, 2.24) is 9.55 Å². The molecule has 16 heteroatoms. The maximum Gasteiger partial charge on any atom is 0.335 e. The molecule has 2 saturated heterocycles. The molecule has 5 atom stereocenters. The van der Waals surface area contributed by atoms with Gasteiger partial charge in [0.1, 0.15) is 12.2 Å². The summed E-state index contributed by atoms with van der Waals surface area (Å²) in [6, 6.07) is 0. The monoisotopic (exact) mass is 633 g/mol. The first kappa shape index (κ1) is 32.3. The SMILES string of the molecule is Cc1cn([C@@H]2O[C@H](C3CO[Si](C(C)C)(C(C)C)O[Si](C(C)C)(C(C)C)O3)C3(OS(=O)(=O)C=C3N)[C@H]2O)c(=O)[nH]c1=O. The van der Waals surface area contributed by atoms with Crippen LogP contribution in [0.25, 0.3) is 0 Å². The number of nitrogens with two attached hydrogens (primary N) is 1. The maximum atomic E-state index is 12.8. The zero-order valence-electron chi connectivity index (χ0n) is 25.0. The van der Waals surface area contributed by atoms with E-state index in [-0.39, 0.29) is 40.0 Å². The molecule has 232 valence electrons. The summed E-state index contributed by atoms with van der Waals surface area (Å²) >= 11 is 0. The highest BCUT2D eigenvalue weighted by atomic mass is 32.2. The van der Waals surface area contributed by atoms with E-state index >= 15 is 0 Å². The molecule has 4 heterocycles. The zero-order chi connectivity index (χ0) is 30.9. The van der Waals surface area contributed by atoms with Gasteiger partial charge in [-0.2, -0.15) is 8.42 Å². The van der Waals surface area contributed by atoms with Crippen LogP contribution in [0, 0.1) is 6.92 Å². The van der Waals surface area contributed by atoms with Crippen molar-refractivity contribution >= 4 is 27.2 Å². The Bertz CT molecular complexity index is 1410. The average molecular weight is 634 g/mol. The predicted molar refractivity (Wildman–Crippen MR) is 155 cm³/mol. The quantitative estimate of drug-likeness (QED) is 0.308. The second-order valence-electron chi connectivity index (χ2n) is 12.4. The summed E-state index contributed by atoms with van der Waals surface area (Å²) in [6.07, 6.45) is -4.32. The lowest BCUT2D eigenvalue weighted by atomic mass is 9.86. The van der Waals surface area contributed by atoms with Gasteiger partial charge in [0.05, 0.1) is 23.8 Å². The molecular formula is C25H43N3O10SSi2. The van der Waals surface area contributed by atoms with E-state index in [0.29, 0.717) is 0 Å². The van der Waals surface area contributed by atoms with Gasteiger partial charge in [-0.15, -0.1) is 0 Å². The summed E-state index contributed by atoms with van der Waals surface area (Å²) in [5.41, 5.74) is 2.64. The van der Waals surface area contributed by atoms with E-state index in [0.717, 1.165) is 9.98 Å². The zero-order valence-corrected chi connectivity index (χ0v) is 27.9. The van der Waals surface area contributed by atoms with Crippen molar-refractivity contribution in [3.05, 3.63) is 43.7 Å². The van der Waals surface area contributed by atoms with Gasteiger partial charge in [-0.3, -0.25) is 14.3 Å². The first-order valence-corrected chi connectivity index (χ1v) is 19.4. The third-order valence-electron chi connectivity index (χ3n) is 8.50. The van der Waals surface area contributed by atoms with Crippen molar-refractivity contribution in [3.63, 3.8) is 0 Å². The van der Waals surface area contributed by atoms with Crippen LogP contribution in [0.5, 0.6) is 0 Å². The molecule has 0 aromatic carbocycles. The molecule has 1 aromatic heterocycles. The summed E-state index contributed by atoms with van der Waals surface area (Å²) in [7, 11) is -10.4. The number of nitrogens with one attached hydrogen (secondary N) is 1. The van der Waals surface area contributed by atoms with Gasteiger partial charge in [0.25, 0.3) is 15.7 Å². The second-order valence-corrected chi connectivity index (χ2v) is 22.7. The lowest BCUT2D eigenvalue weighted by Crippen LogP contribution is -2.61. The summed E-state index contributed by atoms with van der Waals surface area (Å²) in [4.78, 5) is 27.1. The molecule has 0 amide bonds. The number of aliphatic hydroxyl groups is 1. The summed E-state index contributed by atoms with van der Waals surface area (Å²) in [6.45, 7) is 17.8. The van der Waals surface area contributed by atoms with Gasteiger partial charge < -0.3 is 28.5 Å². The van der Waals surface area contributed by atoms with E-state index in [9.17, 15) is 23.1 Å². The van der Waals surface area contributed by atoms with Gasteiger partial charge in [-0.25, -0.2) is 8.98 Å². The summed E-state index contributed by atoms with van der Waals surface area (Å²) in [5, 5.41) is 12.4. The highest BCUT2D eigenvalue weighted by Crippen LogP contribution is 2.52. The van der Waals surface area contributed by atoms with E-state index in [1.807, 2.05) is 27.7 Å². The largest absolute Gasteiger partial charge is 0.414 e. The first-order chi connectivity index (χ1) is 18.8. The molecule has 3 aliphatic rings. The Labute approximate surface area is 242 Å². The molecule has 13 nitrogen and oxygen atoms in total. The molecule has 2 unspecified atom stereocenters. The van der Waals surface area contributed by atoms with Gasteiger partial charge in [0, 0.05) is 11.8 Å². The molecule has 0 saturated carbocycles. The van der Waals surface area contributed by atoms with Crippen LogP contribution in [-0.2, 0) is 32.0 Å². The van der Waals surface area contributed by atoms with Crippen LogP contribution in [0.4, 0.5) is 0 Å². The molecule has 4 N–H and O–H groups in total. The second kappa shape index (κ2) is 10.8. The lowest BCUT2D eigenvalue weighted by Gasteiger charge is -2.46. The summed E-state index contributed by atoms with van der Waals surface area (Å²) < 4.78 is 59.2. The van der Waals surface area contributed by atoms with Crippen LogP contribution >= 0.6 is 0 Å². The number of aromatic amines is 1. The van der Waals surface area contributed by atoms with Crippen LogP contribution in [0.3, 0.4) is 0 Å². The number of aliphatic hydroxyl groups excluding tert-OH is 1. The van der Waals surface area contributed by atoms with Crippen LogP contribution in [0.15, 0.2) is 26.9 Å². The number of H-pyrrole nitrogens is 1. The smallest absolute Gasteiger partial charge is 0.335 e. The van der Waals surface area contributed by atoms with Crippen LogP contribution < -0.4 is 17.0 Å². The fourth-order valence-electron chi connectivity index (χ4n) is 6.35. The Balaban J connectivity index is 1.91. The molecule has 41 heavy (non-hydrogen) atoms. The Kier molecular flexibility index (Phi) is 8.52. The Morgan fingerprint density at radius 3 is 2.10 bits per heavy atom. The van der Waals surface area contributed by atoms with Gasteiger partial charge in [-0.1, -0.05) is 55.4 Å². The van der Waals surface area contributed by atoms with Crippen molar-refractivity contribution in [1.29, 1.82) is 0 Å². The number of aryl methyl sites for hydroxylation is 1. The molecule has 0 radical (unpaired) electrons. The minimum absolute atomic E-state index is 0.0419.